The molecule has 0 aromatic carbocycles. The van der Waals surface area contributed by atoms with E-state index < -0.39 is 0 Å². The quantitative estimate of drug-likeness (QED) is 0.278. The molecule has 0 fully saturated rings. The van der Waals surface area contributed by atoms with Crippen molar-refractivity contribution < 1.29 is 98.0 Å². The summed E-state index contributed by atoms with van der Waals surface area (Å²) in [7, 11) is 0. The van der Waals surface area contributed by atoms with Crippen LogP contribution in [0.25, 0.3) is 0 Å². The first-order valence-corrected chi connectivity index (χ1v) is 0. The van der Waals surface area contributed by atoms with Crippen LogP contribution in [0.1, 0.15) is 1.43 Å². The van der Waals surface area contributed by atoms with Gasteiger partial charge in [-0.1, -0.05) is 0 Å². The zero-order valence-electron chi connectivity index (χ0n) is 2.71. The van der Waals surface area contributed by atoms with Crippen molar-refractivity contribution in [2.75, 3.05) is 0 Å². The van der Waals surface area contributed by atoms with Gasteiger partial charge in [0, 0.05) is 27.7 Å². The van der Waals surface area contributed by atoms with Gasteiger partial charge in [0.25, 0.3) is 0 Å². The fourth-order valence-electron chi connectivity index (χ4n) is 0. The molecule has 0 aliphatic carbocycles. The van der Waals surface area contributed by atoms with Gasteiger partial charge < -0.3 is 1.43 Å². The predicted molar refractivity (Wildman–Crippen MR) is 21.0 cm³/mol. The zero-order valence-corrected chi connectivity index (χ0v) is 13.5. The molecule has 0 nitrogen and oxygen atoms in total. The van der Waals surface area contributed by atoms with Gasteiger partial charge in [0.15, 0.2) is 0 Å². The normalized spacial score (nSPS) is 0. The van der Waals surface area contributed by atoms with E-state index in [4.69, 9.17) is 0 Å². The summed E-state index contributed by atoms with van der Waals surface area (Å²) in [5.41, 5.74) is 0. The van der Waals surface area contributed by atoms with E-state index in [2.05, 4.69) is 0 Å². The summed E-state index contributed by atoms with van der Waals surface area (Å²) >= 11 is 0. The summed E-state index contributed by atoms with van der Waals surface area (Å²) in [6.45, 7) is 0. The Morgan fingerprint density at radius 2 is 1.25 bits per heavy atom. The summed E-state index contributed by atoms with van der Waals surface area (Å²) in [4.78, 5) is 0. The molecule has 0 bridgehead atoms. The third-order valence-corrected chi connectivity index (χ3v) is 0. The topological polar surface area (TPSA) is 0 Å². The molecule has 0 aromatic heterocycles. The minimum atomic E-state index is 0. The molecular weight excluding hydrogens is 518 g/mol. The van der Waals surface area contributed by atoms with Crippen LogP contribution in [-0.2, 0) is 27.7 Å². The fourth-order valence-corrected chi connectivity index (χ4v) is 0. The molecule has 0 aliphatic rings. The van der Waals surface area contributed by atoms with E-state index in [0.29, 0.717) is 0 Å². The van der Waals surface area contributed by atoms with E-state index in [-0.39, 0.29) is 144 Å². The monoisotopic (exact) mass is 526 g/mol. The van der Waals surface area contributed by atoms with E-state index in [1.165, 1.54) is 0 Å². The molecular formula is H7CsGaHgIn. The first-order chi connectivity index (χ1) is 0. The Labute approximate surface area is 139 Å². The Morgan fingerprint density at radius 1 is 1.25 bits per heavy atom. The van der Waals surface area contributed by atoms with Crippen LogP contribution in [0.4, 0.5) is 0 Å². The van der Waals surface area contributed by atoms with Gasteiger partial charge in [-0.05, 0) is 0 Å². The Balaban J connectivity index is 0. The number of rotatable bonds is 0. The second kappa shape index (κ2) is 15.6. The van der Waals surface area contributed by atoms with Gasteiger partial charge in [0.05, 0.1) is 0 Å². The second-order valence-corrected chi connectivity index (χ2v) is 0. The van der Waals surface area contributed by atoms with Crippen LogP contribution < -0.4 is 68.9 Å². The molecule has 4 heteroatoms. The van der Waals surface area contributed by atoms with Gasteiger partial charge in [0.2, 0.25) is 0 Å². The van der Waals surface area contributed by atoms with Crippen molar-refractivity contribution in [1.29, 1.82) is 0 Å². The minimum absolute atomic E-state index is 0. The Bertz CT molecular complexity index is 11.6. The van der Waals surface area contributed by atoms with Gasteiger partial charge in [-0.3, -0.25) is 0 Å². The van der Waals surface area contributed by atoms with Crippen molar-refractivity contribution in [2.45, 2.75) is 0 Å². The van der Waals surface area contributed by atoms with E-state index in [0.717, 1.165) is 0 Å². The number of hydrogen-bond donors (Lipinski definition) is 0. The molecule has 0 aliphatic heterocycles. The molecule has 0 spiro atoms. The van der Waals surface area contributed by atoms with Gasteiger partial charge in [-0.15, -0.1) is 0 Å². The number of hydrogen-bond acceptors (Lipinski definition) is 0. The SMILES string of the molecule is [Cs+].[GaH3].[H-].[Hg].[InH3]. The molecule has 0 heterocycles. The van der Waals surface area contributed by atoms with Gasteiger partial charge in [-0.2, -0.15) is 0 Å². The maximum atomic E-state index is 0. The van der Waals surface area contributed by atoms with Crippen LogP contribution in [0.15, 0.2) is 0 Å². The second-order valence-electron chi connectivity index (χ2n) is 0. The van der Waals surface area contributed by atoms with Crippen molar-refractivity contribution in [1.82, 2.24) is 0 Å². The van der Waals surface area contributed by atoms with Crippen molar-refractivity contribution in [3.8, 4) is 0 Å². The summed E-state index contributed by atoms with van der Waals surface area (Å²) < 4.78 is 0. The molecule has 0 radical (unpaired) electrons. The van der Waals surface area contributed by atoms with Crippen molar-refractivity contribution in [3.63, 3.8) is 0 Å². The third kappa shape index (κ3) is 9.71. The predicted octanol–water partition coefficient (Wildman–Crippen LogP) is -5.25. The van der Waals surface area contributed by atoms with E-state index in [1.807, 2.05) is 0 Å². The Kier molecular flexibility index (Phi) is 92.4. The van der Waals surface area contributed by atoms with Crippen molar-refractivity contribution >= 4 is 45.6 Å². The van der Waals surface area contributed by atoms with Crippen LogP contribution in [0, 0.1) is 0 Å². The molecule has 0 saturated heterocycles. The van der Waals surface area contributed by atoms with E-state index in [1.54, 1.807) is 0 Å². The van der Waals surface area contributed by atoms with Gasteiger partial charge in [-0.25, -0.2) is 0 Å². The molecule has 0 aromatic rings. The molecule has 16 valence electrons. The first-order valence-electron chi connectivity index (χ1n) is 0. The summed E-state index contributed by atoms with van der Waals surface area (Å²) in [5, 5.41) is 0. The van der Waals surface area contributed by atoms with Crippen molar-refractivity contribution in [2.24, 2.45) is 0 Å². The molecule has 0 unspecified atom stereocenters. The summed E-state index contributed by atoms with van der Waals surface area (Å²) in [6, 6.07) is 0. The van der Waals surface area contributed by atoms with E-state index in [9.17, 15) is 0 Å². The molecule has 0 N–H and O–H groups in total. The molecule has 4 heavy (non-hydrogen) atoms. The molecule has 0 atom stereocenters. The molecule has 0 rings (SSSR count). The average molecular weight is 525 g/mol. The van der Waals surface area contributed by atoms with Crippen LogP contribution in [0.3, 0.4) is 0 Å². The third-order valence-electron chi connectivity index (χ3n) is 0. The fraction of sp³-hybridized carbons (Fsp3) is 0. The summed E-state index contributed by atoms with van der Waals surface area (Å²) in [6.07, 6.45) is 0. The van der Waals surface area contributed by atoms with Crippen LogP contribution in [-0.4, -0.2) is 45.6 Å². The standard InChI is InChI=1S/Cs.Ga.Hg.In.7H/q+1;;;;;;;;;;-1. The maximum absolute atomic E-state index is 0. The Hall–Kier alpha value is 4.49. The van der Waals surface area contributed by atoms with Crippen LogP contribution >= 0.6 is 0 Å². The van der Waals surface area contributed by atoms with E-state index >= 15 is 0 Å². The molecule has 0 amide bonds. The van der Waals surface area contributed by atoms with Crippen molar-refractivity contribution in [3.05, 3.63) is 0 Å². The zero-order chi connectivity index (χ0) is 0. The van der Waals surface area contributed by atoms with Crippen LogP contribution in [0.5, 0.6) is 0 Å². The van der Waals surface area contributed by atoms with Crippen LogP contribution in [0.2, 0.25) is 0 Å². The average Bonchev–Trinajstić information content (AvgIpc) is 0. The van der Waals surface area contributed by atoms with Gasteiger partial charge in [0.1, 0.15) is 0 Å². The Morgan fingerprint density at radius 3 is 1.25 bits per heavy atom. The summed E-state index contributed by atoms with van der Waals surface area (Å²) in [5.74, 6) is 0. The molecule has 0 saturated carbocycles. The van der Waals surface area contributed by atoms with Gasteiger partial charge >= 0.3 is 115 Å². The first kappa shape index (κ1) is 23.6.